The van der Waals surface area contributed by atoms with Crippen LogP contribution in [0.2, 0.25) is 0 Å². The fourth-order valence-electron chi connectivity index (χ4n) is 2.27. The van der Waals surface area contributed by atoms with E-state index < -0.39 is 5.54 Å². The fraction of sp³-hybridized carbons (Fsp3) is 0.250. The lowest BCUT2D eigenvalue weighted by molar-refractivity contribution is 0.598. The van der Waals surface area contributed by atoms with Crippen LogP contribution >= 0.6 is 15.9 Å². The summed E-state index contributed by atoms with van der Waals surface area (Å²) in [6.45, 7) is 6.32. The van der Waals surface area contributed by atoms with E-state index in [4.69, 9.17) is 5.73 Å². The van der Waals surface area contributed by atoms with Gasteiger partial charge in [0.05, 0.1) is 5.54 Å². The van der Waals surface area contributed by atoms with E-state index in [1.165, 1.54) is 16.7 Å². The maximum absolute atomic E-state index is 6.56. The van der Waals surface area contributed by atoms with E-state index in [-0.39, 0.29) is 0 Å². The highest BCUT2D eigenvalue weighted by Gasteiger charge is 2.25. The second-order valence-electron chi connectivity index (χ2n) is 4.96. The molecule has 0 saturated carbocycles. The van der Waals surface area contributed by atoms with Crippen LogP contribution in [0.1, 0.15) is 29.2 Å². The molecule has 0 aliphatic rings. The van der Waals surface area contributed by atoms with Crippen molar-refractivity contribution in [3.63, 3.8) is 0 Å². The van der Waals surface area contributed by atoms with E-state index in [2.05, 4.69) is 67.0 Å². The number of halogens is 1. The Bertz CT molecular complexity index is 556. The molecule has 2 rings (SSSR count). The molecule has 0 fully saturated rings. The Morgan fingerprint density at radius 2 is 1.61 bits per heavy atom. The number of benzene rings is 2. The molecule has 0 amide bonds. The van der Waals surface area contributed by atoms with E-state index in [1.54, 1.807) is 0 Å². The van der Waals surface area contributed by atoms with Crippen LogP contribution in [0.4, 0.5) is 0 Å². The predicted molar refractivity (Wildman–Crippen MR) is 80.7 cm³/mol. The Balaban J connectivity index is 2.54. The molecular weight excluding hydrogens is 286 g/mol. The van der Waals surface area contributed by atoms with Gasteiger partial charge >= 0.3 is 0 Å². The maximum atomic E-state index is 6.56. The molecule has 0 aromatic heterocycles. The number of aryl methyl sites for hydroxylation is 1. The second kappa shape index (κ2) is 4.87. The molecule has 2 heteroatoms. The maximum Gasteiger partial charge on any atom is 0.0639 e. The van der Waals surface area contributed by atoms with Gasteiger partial charge in [0.25, 0.3) is 0 Å². The molecule has 94 valence electrons. The Labute approximate surface area is 117 Å². The number of hydrogen-bond acceptors (Lipinski definition) is 1. The predicted octanol–water partition coefficient (Wildman–Crippen LogP) is 4.29. The van der Waals surface area contributed by atoms with E-state index in [1.807, 2.05) is 12.1 Å². The van der Waals surface area contributed by atoms with Crippen molar-refractivity contribution < 1.29 is 0 Å². The third-order valence-corrected chi connectivity index (χ3v) is 4.14. The SMILES string of the molecule is Cc1cccc(C(C)(N)c2ccc(Br)cc2)c1C. The lowest BCUT2D eigenvalue weighted by atomic mass is 9.82. The van der Waals surface area contributed by atoms with Crippen LogP contribution in [0, 0.1) is 13.8 Å². The van der Waals surface area contributed by atoms with Crippen LogP contribution < -0.4 is 5.73 Å². The summed E-state index contributed by atoms with van der Waals surface area (Å²) < 4.78 is 1.07. The molecular formula is C16H18BrN. The Kier molecular flexibility index (Phi) is 3.60. The first-order valence-electron chi connectivity index (χ1n) is 6.04. The van der Waals surface area contributed by atoms with Gasteiger partial charge < -0.3 is 5.73 Å². The largest absolute Gasteiger partial charge is 0.318 e. The van der Waals surface area contributed by atoms with Crippen LogP contribution in [0.3, 0.4) is 0 Å². The van der Waals surface area contributed by atoms with Crippen molar-refractivity contribution in [3.05, 3.63) is 69.2 Å². The third kappa shape index (κ3) is 2.36. The molecule has 2 aromatic carbocycles. The fourth-order valence-corrected chi connectivity index (χ4v) is 2.53. The zero-order valence-corrected chi connectivity index (χ0v) is 12.6. The van der Waals surface area contributed by atoms with Crippen molar-refractivity contribution >= 4 is 15.9 Å². The minimum atomic E-state index is -0.462. The van der Waals surface area contributed by atoms with Gasteiger partial charge in [0.15, 0.2) is 0 Å². The lowest BCUT2D eigenvalue weighted by Crippen LogP contribution is -2.35. The van der Waals surface area contributed by atoms with Crippen molar-refractivity contribution in [2.75, 3.05) is 0 Å². The number of rotatable bonds is 2. The zero-order valence-electron chi connectivity index (χ0n) is 11.0. The van der Waals surface area contributed by atoms with Gasteiger partial charge in [-0.1, -0.05) is 46.3 Å². The van der Waals surface area contributed by atoms with E-state index in [0.29, 0.717) is 0 Å². The first kappa shape index (κ1) is 13.3. The average Bonchev–Trinajstić information content (AvgIpc) is 2.33. The number of hydrogen-bond donors (Lipinski definition) is 1. The summed E-state index contributed by atoms with van der Waals surface area (Å²) in [5, 5.41) is 0. The molecule has 0 aliphatic carbocycles. The monoisotopic (exact) mass is 303 g/mol. The van der Waals surface area contributed by atoms with Gasteiger partial charge in [0, 0.05) is 4.47 Å². The highest BCUT2D eigenvalue weighted by atomic mass is 79.9. The van der Waals surface area contributed by atoms with Crippen LogP contribution in [0.15, 0.2) is 46.9 Å². The molecule has 0 heterocycles. The van der Waals surface area contributed by atoms with Crippen LogP contribution in [-0.4, -0.2) is 0 Å². The molecule has 18 heavy (non-hydrogen) atoms. The molecule has 1 unspecified atom stereocenters. The van der Waals surface area contributed by atoms with Crippen LogP contribution in [0.25, 0.3) is 0 Å². The molecule has 0 aliphatic heterocycles. The zero-order chi connectivity index (χ0) is 13.3. The van der Waals surface area contributed by atoms with Crippen molar-refractivity contribution in [1.29, 1.82) is 0 Å². The van der Waals surface area contributed by atoms with Crippen molar-refractivity contribution in [3.8, 4) is 0 Å². The molecule has 2 aromatic rings. The normalized spacial score (nSPS) is 14.3. The van der Waals surface area contributed by atoms with E-state index in [0.717, 1.165) is 10.0 Å². The highest BCUT2D eigenvalue weighted by Crippen LogP contribution is 2.30. The van der Waals surface area contributed by atoms with E-state index >= 15 is 0 Å². The van der Waals surface area contributed by atoms with Crippen molar-refractivity contribution in [2.24, 2.45) is 5.73 Å². The van der Waals surface area contributed by atoms with Gasteiger partial charge in [-0.2, -0.15) is 0 Å². The smallest absolute Gasteiger partial charge is 0.0639 e. The van der Waals surface area contributed by atoms with Gasteiger partial charge in [-0.15, -0.1) is 0 Å². The molecule has 0 saturated heterocycles. The average molecular weight is 304 g/mol. The van der Waals surface area contributed by atoms with Gasteiger partial charge in [0.1, 0.15) is 0 Å². The lowest BCUT2D eigenvalue weighted by Gasteiger charge is -2.28. The highest BCUT2D eigenvalue weighted by molar-refractivity contribution is 9.10. The Morgan fingerprint density at radius 3 is 2.22 bits per heavy atom. The Morgan fingerprint density at radius 1 is 1.00 bits per heavy atom. The summed E-state index contributed by atoms with van der Waals surface area (Å²) in [6, 6.07) is 14.5. The molecule has 2 N–H and O–H groups in total. The molecule has 0 bridgehead atoms. The third-order valence-electron chi connectivity index (χ3n) is 3.61. The first-order valence-corrected chi connectivity index (χ1v) is 6.84. The van der Waals surface area contributed by atoms with E-state index in [9.17, 15) is 0 Å². The molecule has 1 nitrogen and oxygen atoms in total. The van der Waals surface area contributed by atoms with Crippen LogP contribution in [-0.2, 0) is 5.54 Å². The van der Waals surface area contributed by atoms with Gasteiger partial charge in [-0.05, 0) is 55.2 Å². The van der Waals surface area contributed by atoms with Gasteiger partial charge in [0.2, 0.25) is 0 Å². The summed E-state index contributed by atoms with van der Waals surface area (Å²) >= 11 is 3.45. The minimum absolute atomic E-state index is 0.462. The number of nitrogens with two attached hydrogens (primary N) is 1. The molecule has 0 radical (unpaired) electrons. The summed E-state index contributed by atoms with van der Waals surface area (Å²) in [6.07, 6.45) is 0. The van der Waals surface area contributed by atoms with Crippen molar-refractivity contribution in [1.82, 2.24) is 0 Å². The Hall–Kier alpha value is -1.12. The summed E-state index contributed by atoms with van der Waals surface area (Å²) in [5.41, 5.74) is 11.0. The topological polar surface area (TPSA) is 26.0 Å². The van der Waals surface area contributed by atoms with Crippen LogP contribution in [0.5, 0.6) is 0 Å². The second-order valence-corrected chi connectivity index (χ2v) is 5.87. The molecule has 1 atom stereocenters. The summed E-state index contributed by atoms with van der Waals surface area (Å²) in [4.78, 5) is 0. The summed E-state index contributed by atoms with van der Waals surface area (Å²) in [7, 11) is 0. The van der Waals surface area contributed by atoms with Crippen molar-refractivity contribution in [2.45, 2.75) is 26.3 Å². The molecule has 0 spiro atoms. The van der Waals surface area contributed by atoms with Gasteiger partial charge in [-0.3, -0.25) is 0 Å². The van der Waals surface area contributed by atoms with Gasteiger partial charge in [-0.25, -0.2) is 0 Å². The standard InChI is InChI=1S/C16H18BrN/c1-11-5-4-6-15(12(11)2)16(3,18)13-7-9-14(17)10-8-13/h4-10H,18H2,1-3H3. The first-order chi connectivity index (χ1) is 8.43. The quantitative estimate of drug-likeness (QED) is 0.880. The summed E-state index contributed by atoms with van der Waals surface area (Å²) in [5.74, 6) is 0. The minimum Gasteiger partial charge on any atom is -0.318 e.